The lowest BCUT2D eigenvalue weighted by Gasteiger charge is -2.24. The number of benzene rings is 3. The van der Waals surface area contributed by atoms with E-state index >= 15 is 0 Å². The van der Waals surface area contributed by atoms with Gasteiger partial charge in [0.05, 0.1) is 16.3 Å². The van der Waals surface area contributed by atoms with Crippen molar-refractivity contribution in [2.24, 2.45) is 11.7 Å². The van der Waals surface area contributed by atoms with E-state index in [1.807, 2.05) is 40.6 Å². The molecule has 0 radical (unpaired) electrons. The van der Waals surface area contributed by atoms with Crippen LogP contribution < -0.4 is 16.0 Å². The van der Waals surface area contributed by atoms with Crippen molar-refractivity contribution >= 4 is 34.5 Å². The molecule has 6 nitrogen and oxygen atoms in total. The third kappa shape index (κ3) is 7.46. The number of thiophene rings is 1. The van der Waals surface area contributed by atoms with Gasteiger partial charge in [0, 0.05) is 39.1 Å². The minimum atomic E-state index is -0.103. The van der Waals surface area contributed by atoms with Gasteiger partial charge in [-0.3, -0.25) is 9.59 Å². The van der Waals surface area contributed by atoms with Crippen molar-refractivity contribution in [2.75, 3.05) is 23.8 Å². The summed E-state index contributed by atoms with van der Waals surface area (Å²) < 4.78 is 0. The zero-order chi connectivity index (χ0) is 29.5. The van der Waals surface area contributed by atoms with E-state index in [2.05, 4.69) is 72.7 Å². The molecule has 218 valence electrons. The highest BCUT2D eigenvalue weighted by molar-refractivity contribution is 7.12. The number of nitrogens with zero attached hydrogens (tertiary/aromatic N) is 2. The van der Waals surface area contributed by atoms with Crippen LogP contribution in [-0.4, -0.2) is 30.3 Å². The summed E-state index contributed by atoms with van der Waals surface area (Å²) >= 11 is 1.43. The Labute approximate surface area is 253 Å². The number of nitrogens with two attached hydrogens (primary N) is 1. The van der Waals surface area contributed by atoms with E-state index in [1.54, 1.807) is 0 Å². The van der Waals surface area contributed by atoms with E-state index in [0.29, 0.717) is 24.5 Å². The van der Waals surface area contributed by atoms with E-state index in [0.717, 1.165) is 71.4 Å². The Morgan fingerprint density at radius 2 is 1.62 bits per heavy atom. The van der Waals surface area contributed by atoms with Gasteiger partial charge in [-0.25, -0.2) is 0 Å². The Bertz CT molecular complexity index is 1510. The first kappa shape index (κ1) is 29.5. The first-order valence-corrected chi connectivity index (χ1v) is 15.7. The second-order valence-electron chi connectivity index (χ2n) is 11.1. The molecule has 1 aliphatic carbocycles. The maximum absolute atomic E-state index is 13.3. The molecule has 5 rings (SSSR count). The van der Waals surface area contributed by atoms with Crippen molar-refractivity contribution in [1.82, 2.24) is 4.90 Å². The van der Waals surface area contributed by atoms with Crippen LogP contribution in [0.5, 0.6) is 0 Å². The summed E-state index contributed by atoms with van der Waals surface area (Å²) in [5, 5.41) is 5.08. The summed E-state index contributed by atoms with van der Waals surface area (Å²) in [6, 6.07) is 26.6. The van der Waals surface area contributed by atoms with Crippen molar-refractivity contribution in [3.8, 4) is 11.1 Å². The first-order chi connectivity index (χ1) is 20.4. The highest BCUT2D eigenvalue weighted by atomic mass is 32.1. The fraction of sp³-hybridized carbons (Fsp3) is 0.314. The van der Waals surface area contributed by atoms with E-state index in [4.69, 9.17) is 5.73 Å². The topological polar surface area (TPSA) is 78.7 Å². The molecule has 0 spiro atoms. The van der Waals surface area contributed by atoms with Crippen LogP contribution in [0.3, 0.4) is 0 Å². The molecule has 0 aliphatic heterocycles. The SMILES string of the molecule is CCCCN(C)c1ccc(-c2cccc(CN(Cc3cccc(CN)c3)C(=O)C3CC3)c2)cc1NC(=O)c1cccs1. The average Bonchev–Trinajstić information content (AvgIpc) is 3.72. The Hall–Kier alpha value is -3.94. The predicted octanol–water partition coefficient (Wildman–Crippen LogP) is 7.30. The van der Waals surface area contributed by atoms with Crippen LogP contribution in [-0.2, 0) is 24.4 Å². The average molecular weight is 581 g/mol. The van der Waals surface area contributed by atoms with Gasteiger partial charge < -0.3 is 20.9 Å². The van der Waals surface area contributed by atoms with Gasteiger partial charge in [-0.1, -0.05) is 67.9 Å². The van der Waals surface area contributed by atoms with E-state index in [1.165, 1.54) is 11.3 Å². The number of amides is 2. The van der Waals surface area contributed by atoms with Gasteiger partial charge in [0.1, 0.15) is 0 Å². The Morgan fingerprint density at radius 3 is 2.31 bits per heavy atom. The zero-order valence-electron chi connectivity index (χ0n) is 24.5. The molecule has 0 atom stereocenters. The molecule has 42 heavy (non-hydrogen) atoms. The van der Waals surface area contributed by atoms with Gasteiger partial charge in [-0.15, -0.1) is 11.3 Å². The molecule has 0 bridgehead atoms. The summed E-state index contributed by atoms with van der Waals surface area (Å²) in [5.41, 5.74) is 13.0. The van der Waals surface area contributed by atoms with Crippen LogP contribution in [0.25, 0.3) is 11.1 Å². The third-order valence-electron chi connectivity index (χ3n) is 7.72. The summed E-state index contributed by atoms with van der Waals surface area (Å²) in [4.78, 5) is 31.2. The molecule has 3 aromatic carbocycles. The lowest BCUT2D eigenvalue weighted by atomic mass is 10.0. The van der Waals surface area contributed by atoms with Crippen LogP contribution in [0, 0.1) is 5.92 Å². The molecule has 1 fully saturated rings. The number of nitrogens with one attached hydrogen (secondary N) is 1. The molecular formula is C35H40N4O2S. The molecule has 1 aliphatic rings. The van der Waals surface area contributed by atoms with Gasteiger partial charge in [-0.2, -0.15) is 0 Å². The molecule has 0 unspecified atom stereocenters. The van der Waals surface area contributed by atoms with Gasteiger partial charge in [-0.05, 0) is 76.7 Å². The van der Waals surface area contributed by atoms with Gasteiger partial charge in [0.25, 0.3) is 5.91 Å². The van der Waals surface area contributed by atoms with Crippen LogP contribution in [0.4, 0.5) is 11.4 Å². The normalized spacial score (nSPS) is 12.6. The monoisotopic (exact) mass is 580 g/mol. The number of hydrogen-bond donors (Lipinski definition) is 2. The molecule has 0 saturated heterocycles. The molecule has 1 heterocycles. The molecule has 7 heteroatoms. The number of carbonyl (C=O) groups excluding carboxylic acids is 2. The van der Waals surface area contributed by atoms with Crippen LogP contribution in [0.2, 0.25) is 0 Å². The molecule has 1 aromatic heterocycles. The Morgan fingerprint density at radius 1 is 0.905 bits per heavy atom. The van der Waals surface area contributed by atoms with Gasteiger partial charge in [0.15, 0.2) is 0 Å². The molecule has 1 saturated carbocycles. The smallest absolute Gasteiger partial charge is 0.265 e. The van der Waals surface area contributed by atoms with Crippen molar-refractivity contribution in [2.45, 2.75) is 52.2 Å². The standard InChI is InChI=1S/C35H40N4O2S/c1-3-4-17-38(2)32-16-15-30(21-31(32)37-34(40)33-12-7-18-42-33)29-11-6-10-27(20-29)24-39(35(41)28-13-14-28)23-26-9-5-8-25(19-26)22-36/h5-12,15-16,18-21,28H,3-4,13-14,17,22-24,36H2,1-2H3,(H,37,40). The van der Waals surface area contributed by atoms with Crippen LogP contribution in [0.15, 0.2) is 84.2 Å². The molecule has 3 N–H and O–H groups in total. The van der Waals surface area contributed by atoms with Crippen LogP contribution in [0.1, 0.15) is 59.0 Å². The summed E-state index contributed by atoms with van der Waals surface area (Å²) in [6.45, 7) is 4.67. The fourth-order valence-corrected chi connectivity index (χ4v) is 5.82. The quantitative estimate of drug-likeness (QED) is 0.174. The van der Waals surface area contributed by atoms with Gasteiger partial charge >= 0.3 is 0 Å². The minimum absolute atomic E-state index is 0.103. The maximum atomic E-state index is 13.3. The third-order valence-corrected chi connectivity index (χ3v) is 8.59. The first-order valence-electron chi connectivity index (χ1n) is 14.8. The summed E-state index contributed by atoms with van der Waals surface area (Å²) in [6.07, 6.45) is 4.12. The molecule has 2 amide bonds. The fourth-order valence-electron chi connectivity index (χ4n) is 5.20. The second kappa shape index (κ2) is 13.8. The number of hydrogen-bond acceptors (Lipinski definition) is 5. The van der Waals surface area contributed by atoms with Gasteiger partial charge in [0.2, 0.25) is 5.91 Å². The summed E-state index contributed by atoms with van der Waals surface area (Å²) in [7, 11) is 2.07. The summed E-state index contributed by atoms with van der Waals surface area (Å²) in [5.74, 6) is 0.253. The van der Waals surface area contributed by atoms with Crippen molar-refractivity contribution in [1.29, 1.82) is 0 Å². The van der Waals surface area contributed by atoms with Crippen molar-refractivity contribution < 1.29 is 9.59 Å². The van der Waals surface area contributed by atoms with E-state index in [-0.39, 0.29) is 17.7 Å². The number of unbranched alkanes of at least 4 members (excludes halogenated alkanes) is 1. The van der Waals surface area contributed by atoms with Crippen molar-refractivity contribution in [3.05, 3.63) is 106 Å². The molecule has 4 aromatic rings. The maximum Gasteiger partial charge on any atom is 0.265 e. The lowest BCUT2D eigenvalue weighted by molar-refractivity contribution is -0.133. The van der Waals surface area contributed by atoms with Crippen molar-refractivity contribution in [3.63, 3.8) is 0 Å². The number of carbonyl (C=O) groups is 2. The minimum Gasteiger partial charge on any atom is -0.373 e. The van der Waals surface area contributed by atoms with E-state index in [9.17, 15) is 9.59 Å². The Kier molecular flexibility index (Phi) is 9.72. The van der Waals surface area contributed by atoms with Crippen LogP contribution >= 0.6 is 11.3 Å². The number of rotatable bonds is 13. The highest BCUT2D eigenvalue weighted by Crippen LogP contribution is 2.34. The second-order valence-corrected chi connectivity index (χ2v) is 12.1. The Balaban J connectivity index is 1.41. The highest BCUT2D eigenvalue weighted by Gasteiger charge is 2.33. The lowest BCUT2D eigenvalue weighted by Crippen LogP contribution is -2.31. The predicted molar refractivity (Wildman–Crippen MR) is 174 cm³/mol. The number of anilines is 2. The molecular weight excluding hydrogens is 540 g/mol. The zero-order valence-corrected chi connectivity index (χ0v) is 25.3. The van der Waals surface area contributed by atoms with E-state index < -0.39 is 0 Å². The largest absolute Gasteiger partial charge is 0.373 e.